The van der Waals surface area contributed by atoms with Gasteiger partial charge in [-0.25, -0.2) is 13.1 Å². The molecule has 0 spiro atoms. The molecule has 0 saturated carbocycles. The minimum absolute atomic E-state index is 0.127. The number of hydrogen-bond acceptors (Lipinski definition) is 5. The van der Waals surface area contributed by atoms with E-state index in [4.69, 9.17) is 4.74 Å². The van der Waals surface area contributed by atoms with E-state index < -0.39 is 15.9 Å². The van der Waals surface area contributed by atoms with Crippen molar-refractivity contribution in [2.45, 2.75) is 18.2 Å². The maximum absolute atomic E-state index is 12.9. The van der Waals surface area contributed by atoms with Gasteiger partial charge in [0.25, 0.3) is 5.91 Å². The van der Waals surface area contributed by atoms with Gasteiger partial charge in [0, 0.05) is 30.4 Å². The van der Waals surface area contributed by atoms with Crippen LogP contribution in [0.1, 0.15) is 22.8 Å². The second-order valence-corrected chi connectivity index (χ2v) is 8.95. The standard InChI is InChI=1S/C24H25N3O5S/c1-17(28)26-20-9-6-10-21(16-20)27-24(29)19-11-12-22(32-2)23(15-19)33(30,31)25-14-13-18-7-4-3-5-8-18/h3-12,15-16,25H,13-14H2,1-2H3,(H,26,28)(H,27,29). The van der Waals surface area contributed by atoms with Crippen LogP contribution in [0.5, 0.6) is 5.75 Å². The molecule has 0 bridgehead atoms. The largest absolute Gasteiger partial charge is 0.495 e. The summed E-state index contributed by atoms with van der Waals surface area (Å²) in [7, 11) is -2.56. The maximum Gasteiger partial charge on any atom is 0.255 e. The van der Waals surface area contributed by atoms with E-state index in [1.807, 2.05) is 30.3 Å². The summed E-state index contributed by atoms with van der Waals surface area (Å²) in [5.41, 5.74) is 2.12. The van der Waals surface area contributed by atoms with Crippen molar-refractivity contribution in [1.82, 2.24) is 4.72 Å². The van der Waals surface area contributed by atoms with Crippen LogP contribution in [0.25, 0.3) is 0 Å². The Morgan fingerprint density at radius 2 is 1.58 bits per heavy atom. The quantitative estimate of drug-likeness (QED) is 0.446. The number of hydrogen-bond donors (Lipinski definition) is 3. The van der Waals surface area contributed by atoms with Crippen molar-refractivity contribution in [1.29, 1.82) is 0 Å². The SMILES string of the molecule is COc1ccc(C(=O)Nc2cccc(NC(C)=O)c2)cc1S(=O)(=O)NCCc1ccccc1. The van der Waals surface area contributed by atoms with Crippen molar-refractivity contribution in [3.05, 3.63) is 83.9 Å². The van der Waals surface area contributed by atoms with Gasteiger partial charge >= 0.3 is 0 Å². The molecule has 3 aromatic rings. The predicted octanol–water partition coefficient (Wildman–Crippen LogP) is 3.43. The van der Waals surface area contributed by atoms with E-state index in [-0.39, 0.29) is 28.7 Å². The number of ether oxygens (including phenoxy) is 1. The van der Waals surface area contributed by atoms with Gasteiger partial charge in [0.15, 0.2) is 0 Å². The highest BCUT2D eigenvalue weighted by molar-refractivity contribution is 7.89. The molecule has 2 amide bonds. The zero-order valence-electron chi connectivity index (χ0n) is 18.3. The van der Waals surface area contributed by atoms with Gasteiger partial charge in [-0.2, -0.15) is 0 Å². The molecule has 0 aliphatic heterocycles. The molecule has 8 nitrogen and oxygen atoms in total. The number of rotatable bonds is 9. The first-order valence-electron chi connectivity index (χ1n) is 10.2. The summed E-state index contributed by atoms with van der Waals surface area (Å²) in [5.74, 6) is -0.604. The molecule has 3 N–H and O–H groups in total. The van der Waals surface area contributed by atoms with Gasteiger partial charge in [-0.3, -0.25) is 9.59 Å². The summed E-state index contributed by atoms with van der Waals surface area (Å²) in [6.45, 7) is 1.58. The third-order valence-corrected chi connectivity index (χ3v) is 6.19. The molecular formula is C24H25N3O5S. The van der Waals surface area contributed by atoms with E-state index in [9.17, 15) is 18.0 Å². The lowest BCUT2D eigenvalue weighted by atomic mass is 10.2. The zero-order chi connectivity index (χ0) is 23.8. The number of nitrogens with one attached hydrogen (secondary N) is 3. The molecule has 0 radical (unpaired) electrons. The van der Waals surface area contributed by atoms with Crippen LogP contribution in [0.3, 0.4) is 0 Å². The maximum atomic E-state index is 12.9. The summed E-state index contributed by atoms with van der Waals surface area (Å²) < 4.78 is 33.6. The molecule has 3 rings (SSSR count). The van der Waals surface area contributed by atoms with Crippen molar-refractivity contribution in [3.63, 3.8) is 0 Å². The van der Waals surface area contributed by atoms with E-state index >= 15 is 0 Å². The smallest absolute Gasteiger partial charge is 0.255 e. The molecule has 0 unspecified atom stereocenters. The van der Waals surface area contributed by atoms with Gasteiger partial charge in [0.1, 0.15) is 10.6 Å². The number of carbonyl (C=O) groups excluding carboxylic acids is 2. The molecule has 9 heteroatoms. The lowest BCUT2D eigenvalue weighted by molar-refractivity contribution is -0.114. The Hall–Kier alpha value is -3.69. The fourth-order valence-electron chi connectivity index (χ4n) is 3.16. The first-order chi connectivity index (χ1) is 15.8. The Kier molecular flexibility index (Phi) is 7.81. The number of amides is 2. The summed E-state index contributed by atoms with van der Waals surface area (Å²) in [4.78, 5) is 23.9. The van der Waals surface area contributed by atoms with Crippen molar-refractivity contribution in [2.24, 2.45) is 0 Å². The van der Waals surface area contributed by atoms with E-state index in [2.05, 4.69) is 15.4 Å². The number of benzene rings is 3. The molecule has 0 aliphatic rings. The normalized spacial score (nSPS) is 11.0. The van der Waals surface area contributed by atoms with E-state index in [1.165, 1.54) is 32.2 Å². The second kappa shape index (κ2) is 10.8. The van der Waals surface area contributed by atoms with E-state index in [1.54, 1.807) is 24.3 Å². The summed E-state index contributed by atoms with van der Waals surface area (Å²) in [6, 6.07) is 20.3. The van der Waals surface area contributed by atoms with Crippen LogP contribution in [0.15, 0.2) is 77.7 Å². The van der Waals surface area contributed by atoms with Crippen LogP contribution < -0.4 is 20.1 Å². The third kappa shape index (κ3) is 6.64. The van der Waals surface area contributed by atoms with Crippen LogP contribution in [-0.2, 0) is 21.2 Å². The van der Waals surface area contributed by atoms with Gasteiger partial charge < -0.3 is 15.4 Å². The summed E-state index contributed by atoms with van der Waals surface area (Å²) in [6.07, 6.45) is 0.521. The van der Waals surface area contributed by atoms with Gasteiger partial charge in [-0.1, -0.05) is 36.4 Å². The minimum atomic E-state index is -3.92. The Balaban J connectivity index is 1.76. The highest BCUT2D eigenvalue weighted by atomic mass is 32.2. The van der Waals surface area contributed by atoms with Crippen molar-refractivity contribution < 1.29 is 22.7 Å². The highest BCUT2D eigenvalue weighted by Crippen LogP contribution is 2.25. The van der Waals surface area contributed by atoms with Gasteiger partial charge in [0.2, 0.25) is 15.9 Å². The van der Waals surface area contributed by atoms with Crippen molar-refractivity contribution in [3.8, 4) is 5.75 Å². The highest BCUT2D eigenvalue weighted by Gasteiger charge is 2.21. The molecule has 172 valence electrons. The molecule has 0 aromatic heterocycles. The number of carbonyl (C=O) groups is 2. The molecule has 0 atom stereocenters. The molecule has 3 aromatic carbocycles. The van der Waals surface area contributed by atoms with Crippen molar-refractivity contribution >= 4 is 33.2 Å². The Morgan fingerprint density at radius 3 is 2.24 bits per heavy atom. The van der Waals surface area contributed by atoms with Crippen LogP contribution in [0.2, 0.25) is 0 Å². The monoisotopic (exact) mass is 467 g/mol. The fraction of sp³-hybridized carbons (Fsp3) is 0.167. The first kappa shape index (κ1) is 24.0. The van der Waals surface area contributed by atoms with Gasteiger partial charge in [-0.15, -0.1) is 0 Å². The molecule has 0 aliphatic carbocycles. The summed E-state index contributed by atoms with van der Waals surface area (Å²) in [5, 5.41) is 5.35. The Morgan fingerprint density at radius 1 is 0.879 bits per heavy atom. The second-order valence-electron chi connectivity index (χ2n) is 7.22. The van der Waals surface area contributed by atoms with Crippen LogP contribution in [0.4, 0.5) is 11.4 Å². The van der Waals surface area contributed by atoms with Crippen LogP contribution in [-0.4, -0.2) is 33.9 Å². The third-order valence-electron chi connectivity index (χ3n) is 4.70. The molecule has 0 fully saturated rings. The fourth-order valence-corrected chi connectivity index (χ4v) is 4.39. The average molecular weight is 468 g/mol. The molecule has 0 saturated heterocycles. The number of sulfonamides is 1. The minimum Gasteiger partial charge on any atom is -0.495 e. The van der Waals surface area contributed by atoms with Gasteiger partial charge in [0.05, 0.1) is 7.11 Å². The van der Waals surface area contributed by atoms with Gasteiger partial charge in [-0.05, 0) is 48.4 Å². The summed E-state index contributed by atoms with van der Waals surface area (Å²) >= 11 is 0. The van der Waals surface area contributed by atoms with E-state index in [0.29, 0.717) is 17.8 Å². The number of anilines is 2. The van der Waals surface area contributed by atoms with Crippen LogP contribution >= 0.6 is 0 Å². The first-order valence-corrected chi connectivity index (χ1v) is 11.7. The Labute approximate surface area is 193 Å². The van der Waals surface area contributed by atoms with Crippen molar-refractivity contribution in [2.75, 3.05) is 24.3 Å². The zero-order valence-corrected chi connectivity index (χ0v) is 19.1. The topological polar surface area (TPSA) is 114 Å². The lowest BCUT2D eigenvalue weighted by Crippen LogP contribution is -2.27. The van der Waals surface area contributed by atoms with E-state index in [0.717, 1.165) is 5.56 Å². The molecule has 0 heterocycles. The number of methoxy groups -OCH3 is 1. The average Bonchev–Trinajstić information content (AvgIpc) is 2.79. The molecule has 33 heavy (non-hydrogen) atoms. The lowest BCUT2D eigenvalue weighted by Gasteiger charge is -2.13. The predicted molar refractivity (Wildman–Crippen MR) is 127 cm³/mol. The Bertz CT molecular complexity index is 1240. The van der Waals surface area contributed by atoms with Crippen LogP contribution in [0, 0.1) is 0 Å². The molecular weight excluding hydrogens is 442 g/mol.